The molecular formula is C15H29NO2. The van der Waals surface area contributed by atoms with E-state index in [4.69, 9.17) is 0 Å². The van der Waals surface area contributed by atoms with Crippen molar-refractivity contribution in [3.05, 3.63) is 0 Å². The van der Waals surface area contributed by atoms with E-state index in [0.29, 0.717) is 24.8 Å². The average Bonchev–Trinajstić information content (AvgIpc) is 2.79. The Morgan fingerprint density at radius 3 is 2.33 bits per heavy atom. The van der Waals surface area contributed by atoms with Crippen LogP contribution in [0.15, 0.2) is 0 Å². The minimum absolute atomic E-state index is 0.239. The molecule has 3 nitrogen and oxygen atoms in total. The van der Waals surface area contributed by atoms with E-state index in [9.17, 15) is 9.90 Å². The molecule has 1 atom stereocenters. The number of amides is 1. The Bertz CT molecular complexity index is 245. The van der Waals surface area contributed by atoms with Gasteiger partial charge in [-0.3, -0.25) is 4.79 Å². The van der Waals surface area contributed by atoms with Gasteiger partial charge in [-0.2, -0.15) is 0 Å². The summed E-state index contributed by atoms with van der Waals surface area (Å²) in [6.07, 6.45) is 6.63. The summed E-state index contributed by atoms with van der Waals surface area (Å²) in [7, 11) is 0. The zero-order valence-corrected chi connectivity index (χ0v) is 12.2. The highest BCUT2D eigenvalue weighted by Gasteiger charge is 2.26. The standard InChI is InChI=1S/C15H29NO2/c1-12(2)10-11-16(14-6-4-5-7-14)15(18)9-8-13(3)17/h12-14,17H,4-11H2,1-3H3. The Morgan fingerprint density at radius 1 is 1.22 bits per heavy atom. The maximum absolute atomic E-state index is 12.3. The van der Waals surface area contributed by atoms with Gasteiger partial charge in [-0.25, -0.2) is 0 Å². The third-order valence-corrected chi connectivity index (χ3v) is 3.81. The second-order valence-corrected chi connectivity index (χ2v) is 6.10. The molecule has 1 rings (SSSR count). The summed E-state index contributed by atoms with van der Waals surface area (Å²) < 4.78 is 0. The molecule has 0 saturated heterocycles. The van der Waals surface area contributed by atoms with Crippen LogP contribution in [-0.2, 0) is 4.79 Å². The van der Waals surface area contributed by atoms with E-state index < -0.39 is 0 Å². The third-order valence-electron chi connectivity index (χ3n) is 3.81. The zero-order chi connectivity index (χ0) is 13.5. The fourth-order valence-electron chi connectivity index (χ4n) is 2.60. The number of rotatable bonds is 7. The monoisotopic (exact) mass is 255 g/mol. The molecule has 3 heteroatoms. The summed E-state index contributed by atoms with van der Waals surface area (Å²) in [5, 5.41) is 9.30. The number of nitrogens with zero attached hydrogens (tertiary/aromatic N) is 1. The predicted octanol–water partition coefficient (Wildman–Crippen LogP) is 2.96. The molecule has 1 aliphatic carbocycles. The van der Waals surface area contributed by atoms with Gasteiger partial charge in [0.2, 0.25) is 5.91 Å². The van der Waals surface area contributed by atoms with Gasteiger partial charge in [-0.05, 0) is 38.5 Å². The topological polar surface area (TPSA) is 40.5 Å². The number of aliphatic hydroxyl groups excluding tert-OH is 1. The number of hydrogen-bond donors (Lipinski definition) is 1. The molecule has 0 heterocycles. The van der Waals surface area contributed by atoms with E-state index in [2.05, 4.69) is 18.7 Å². The molecule has 0 aliphatic heterocycles. The molecule has 0 radical (unpaired) electrons. The molecule has 106 valence electrons. The molecular weight excluding hydrogens is 226 g/mol. The largest absolute Gasteiger partial charge is 0.393 e. The summed E-state index contributed by atoms with van der Waals surface area (Å²) in [5.41, 5.74) is 0. The molecule has 1 N–H and O–H groups in total. The number of carbonyl (C=O) groups is 1. The van der Waals surface area contributed by atoms with Gasteiger partial charge in [0.05, 0.1) is 6.10 Å². The van der Waals surface area contributed by atoms with Crippen molar-refractivity contribution in [3.8, 4) is 0 Å². The quantitative estimate of drug-likeness (QED) is 0.760. The van der Waals surface area contributed by atoms with Crippen LogP contribution < -0.4 is 0 Å². The lowest BCUT2D eigenvalue weighted by atomic mass is 10.1. The van der Waals surface area contributed by atoms with E-state index >= 15 is 0 Å². The summed E-state index contributed by atoms with van der Waals surface area (Å²) in [6.45, 7) is 7.04. The summed E-state index contributed by atoms with van der Waals surface area (Å²) >= 11 is 0. The van der Waals surface area contributed by atoms with Crippen LogP contribution in [0, 0.1) is 5.92 Å². The van der Waals surface area contributed by atoms with Crippen molar-refractivity contribution in [1.82, 2.24) is 4.90 Å². The fraction of sp³-hybridized carbons (Fsp3) is 0.933. The first-order chi connectivity index (χ1) is 8.50. The minimum atomic E-state index is -0.371. The van der Waals surface area contributed by atoms with Crippen molar-refractivity contribution in [3.63, 3.8) is 0 Å². The van der Waals surface area contributed by atoms with Gasteiger partial charge in [0.25, 0.3) is 0 Å². The number of aliphatic hydroxyl groups is 1. The maximum atomic E-state index is 12.3. The predicted molar refractivity (Wildman–Crippen MR) is 74.3 cm³/mol. The molecule has 1 saturated carbocycles. The molecule has 0 aromatic rings. The number of hydrogen-bond acceptors (Lipinski definition) is 2. The Kier molecular flexibility index (Phi) is 6.69. The van der Waals surface area contributed by atoms with E-state index in [0.717, 1.165) is 13.0 Å². The molecule has 1 amide bonds. The van der Waals surface area contributed by atoms with Crippen LogP contribution in [0.3, 0.4) is 0 Å². The third kappa shape index (κ3) is 5.38. The Hall–Kier alpha value is -0.570. The van der Waals surface area contributed by atoms with Gasteiger partial charge in [-0.15, -0.1) is 0 Å². The van der Waals surface area contributed by atoms with E-state index in [1.807, 2.05) is 0 Å². The zero-order valence-electron chi connectivity index (χ0n) is 12.2. The molecule has 1 fully saturated rings. The average molecular weight is 255 g/mol. The first-order valence-electron chi connectivity index (χ1n) is 7.48. The summed E-state index contributed by atoms with van der Waals surface area (Å²) in [4.78, 5) is 14.4. The highest BCUT2D eigenvalue weighted by Crippen LogP contribution is 2.25. The van der Waals surface area contributed by atoms with Crippen LogP contribution >= 0.6 is 0 Å². The van der Waals surface area contributed by atoms with Crippen molar-refractivity contribution >= 4 is 5.91 Å². The second-order valence-electron chi connectivity index (χ2n) is 6.10. The van der Waals surface area contributed by atoms with Gasteiger partial charge in [0.1, 0.15) is 0 Å². The van der Waals surface area contributed by atoms with E-state index in [-0.39, 0.29) is 12.0 Å². The van der Waals surface area contributed by atoms with Gasteiger partial charge in [0, 0.05) is 19.0 Å². The molecule has 1 unspecified atom stereocenters. The molecule has 0 bridgehead atoms. The van der Waals surface area contributed by atoms with Gasteiger partial charge < -0.3 is 10.0 Å². The van der Waals surface area contributed by atoms with Crippen molar-refractivity contribution in [2.75, 3.05) is 6.54 Å². The maximum Gasteiger partial charge on any atom is 0.222 e. The normalized spacial score (nSPS) is 18.3. The lowest BCUT2D eigenvalue weighted by Crippen LogP contribution is -2.40. The first kappa shape index (κ1) is 15.5. The van der Waals surface area contributed by atoms with Crippen molar-refractivity contribution in [2.24, 2.45) is 5.92 Å². The van der Waals surface area contributed by atoms with Crippen molar-refractivity contribution in [1.29, 1.82) is 0 Å². The number of carbonyl (C=O) groups excluding carboxylic acids is 1. The lowest BCUT2D eigenvalue weighted by Gasteiger charge is -2.30. The molecule has 0 spiro atoms. The summed E-state index contributed by atoms with van der Waals surface area (Å²) in [5.74, 6) is 0.877. The summed E-state index contributed by atoms with van der Waals surface area (Å²) in [6, 6.07) is 0.463. The van der Waals surface area contributed by atoms with Crippen LogP contribution in [0.5, 0.6) is 0 Å². The second kappa shape index (κ2) is 7.78. The van der Waals surface area contributed by atoms with Crippen molar-refractivity contribution < 1.29 is 9.90 Å². The van der Waals surface area contributed by atoms with Crippen LogP contribution in [0.1, 0.15) is 65.7 Å². The Labute approximate surface area is 112 Å². The van der Waals surface area contributed by atoms with Gasteiger partial charge in [-0.1, -0.05) is 26.7 Å². The molecule has 0 aromatic heterocycles. The Morgan fingerprint density at radius 2 is 1.83 bits per heavy atom. The smallest absolute Gasteiger partial charge is 0.222 e. The SMILES string of the molecule is CC(C)CCN(C(=O)CCC(C)O)C1CCCC1. The van der Waals surface area contributed by atoms with Crippen LogP contribution in [0.4, 0.5) is 0 Å². The molecule has 18 heavy (non-hydrogen) atoms. The van der Waals surface area contributed by atoms with E-state index in [1.54, 1.807) is 6.92 Å². The van der Waals surface area contributed by atoms with Gasteiger partial charge in [0.15, 0.2) is 0 Å². The molecule has 0 aromatic carbocycles. The van der Waals surface area contributed by atoms with Gasteiger partial charge >= 0.3 is 0 Å². The highest BCUT2D eigenvalue weighted by molar-refractivity contribution is 5.76. The highest BCUT2D eigenvalue weighted by atomic mass is 16.3. The van der Waals surface area contributed by atoms with Crippen LogP contribution in [0.2, 0.25) is 0 Å². The van der Waals surface area contributed by atoms with Crippen LogP contribution in [-0.4, -0.2) is 34.6 Å². The Balaban J connectivity index is 2.49. The van der Waals surface area contributed by atoms with Crippen LogP contribution in [0.25, 0.3) is 0 Å². The lowest BCUT2D eigenvalue weighted by molar-refractivity contribution is -0.134. The first-order valence-corrected chi connectivity index (χ1v) is 7.48. The van der Waals surface area contributed by atoms with Crippen molar-refractivity contribution in [2.45, 2.75) is 77.9 Å². The van der Waals surface area contributed by atoms with E-state index in [1.165, 1.54) is 25.7 Å². The fourth-order valence-corrected chi connectivity index (χ4v) is 2.60. The molecule has 1 aliphatic rings. The minimum Gasteiger partial charge on any atom is -0.393 e.